The number of likely N-dealkylation sites (N-methyl/N-ethyl adjacent to an activating group) is 1. The van der Waals surface area contributed by atoms with Crippen LogP contribution in [0.15, 0.2) is 54.6 Å². The summed E-state index contributed by atoms with van der Waals surface area (Å²) in [6, 6.07) is 19.0. The number of nitrogens with zero attached hydrogens (tertiary/aromatic N) is 1. The van der Waals surface area contributed by atoms with Crippen molar-refractivity contribution in [3.05, 3.63) is 71.3 Å². The number of amides is 1. The third kappa shape index (κ3) is 3.99. The summed E-state index contributed by atoms with van der Waals surface area (Å²) in [5, 5.41) is 3.06. The number of hydrogen-bond donors (Lipinski definition) is 1. The molecule has 0 bridgehead atoms. The van der Waals surface area contributed by atoms with Crippen molar-refractivity contribution in [3.63, 3.8) is 0 Å². The van der Waals surface area contributed by atoms with Gasteiger partial charge in [0.25, 0.3) is 0 Å². The molecule has 2 aromatic carbocycles. The van der Waals surface area contributed by atoms with Crippen LogP contribution in [0, 0.1) is 0 Å². The molecule has 0 saturated carbocycles. The van der Waals surface area contributed by atoms with Gasteiger partial charge in [0.2, 0.25) is 5.91 Å². The van der Waals surface area contributed by atoms with Crippen molar-refractivity contribution >= 4 is 5.91 Å². The van der Waals surface area contributed by atoms with Gasteiger partial charge in [0.1, 0.15) is 0 Å². The molecule has 3 nitrogen and oxygen atoms in total. The highest BCUT2D eigenvalue weighted by Crippen LogP contribution is 2.30. The zero-order valence-electron chi connectivity index (χ0n) is 13.7. The summed E-state index contributed by atoms with van der Waals surface area (Å²) >= 11 is 0. The third-order valence-corrected chi connectivity index (χ3v) is 4.64. The lowest BCUT2D eigenvalue weighted by atomic mass is 9.91. The molecule has 0 aliphatic carbocycles. The van der Waals surface area contributed by atoms with E-state index in [9.17, 15) is 4.79 Å². The second-order valence-corrected chi connectivity index (χ2v) is 6.23. The Kier molecular flexibility index (Phi) is 5.09. The lowest BCUT2D eigenvalue weighted by Crippen LogP contribution is -2.36. The van der Waals surface area contributed by atoms with Gasteiger partial charge in [0, 0.05) is 25.6 Å². The highest BCUT2D eigenvalue weighted by molar-refractivity contribution is 5.77. The second kappa shape index (κ2) is 7.42. The van der Waals surface area contributed by atoms with E-state index in [0.29, 0.717) is 13.0 Å². The fourth-order valence-corrected chi connectivity index (χ4v) is 3.28. The van der Waals surface area contributed by atoms with Crippen molar-refractivity contribution in [2.24, 2.45) is 0 Å². The van der Waals surface area contributed by atoms with E-state index in [1.54, 1.807) is 0 Å². The van der Waals surface area contributed by atoms with Crippen molar-refractivity contribution in [2.45, 2.75) is 25.3 Å². The first-order chi connectivity index (χ1) is 11.2. The molecule has 0 saturated heterocycles. The molecule has 1 N–H and O–H groups in total. The molecule has 23 heavy (non-hydrogen) atoms. The predicted molar refractivity (Wildman–Crippen MR) is 93.3 cm³/mol. The molecule has 1 atom stereocenters. The Hall–Kier alpha value is -2.13. The van der Waals surface area contributed by atoms with Crippen LogP contribution in [0.4, 0.5) is 0 Å². The molecule has 0 spiro atoms. The highest BCUT2D eigenvalue weighted by Gasteiger charge is 2.26. The molecule has 0 fully saturated rings. The maximum atomic E-state index is 12.3. The van der Waals surface area contributed by atoms with Crippen LogP contribution in [0.2, 0.25) is 0 Å². The van der Waals surface area contributed by atoms with Crippen molar-refractivity contribution in [1.29, 1.82) is 0 Å². The molecule has 1 aliphatic heterocycles. The van der Waals surface area contributed by atoms with Crippen molar-refractivity contribution in [3.8, 4) is 0 Å². The van der Waals surface area contributed by atoms with Crippen molar-refractivity contribution in [1.82, 2.24) is 10.2 Å². The van der Waals surface area contributed by atoms with Crippen LogP contribution < -0.4 is 5.32 Å². The van der Waals surface area contributed by atoms with E-state index in [2.05, 4.69) is 53.7 Å². The number of fused-ring (bicyclic) bond motifs is 1. The van der Waals surface area contributed by atoms with Crippen LogP contribution in [0.25, 0.3) is 0 Å². The van der Waals surface area contributed by atoms with Gasteiger partial charge in [-0.1, -0.05) is 54.6 Å². The van der Waals surface area contributed by atoms with Gasteiger partial charge in [0.05, 0.1) is 0 Å². The number of carbonyl (C=O) groups excluding carboxylic acids is 1. The van der Waals surface area contributed by atoms with Crippen LogP contribution in [0.5, 0.6) is 0 Å². The second-order valence-electron chi connectivity index (χ2n) is 6.23. The summed E-state index contributed by atoms with van der Waals surface area (Å²) < 4.78 is 0. The van der Waals surface area contributed by atoms with Gasteiger partial charge < -0.3 is 5.32 Å². The zero-order chi connectivity index (χ0) is 16.1. The van der Waals surface area contributed by atoms with E-state index in [0.717, 1.165) is 19.4 Å². The molecule has 1 unspecified atom stereocenters. The largest absolute Gasteiger partial charge is 0.356 e. The standard InChI is InChI=1S/C20H24N2O/c1-22-14-12-17-9-5-6-10-18(17)19(22)15-20(23)21-13-11-16-7-3-2-4-8-16/h2-10,19H,11-15H2,1H3,(H,21,23). The molecular weight excluding hydrogens is 284 g/mol. The Morgan fingerprint density at radius 2 is 1.87 bits per heavy atom. The average Bonchev–Trinajstić information content (AvgIpc) is 2.58. The maximum absolute atomic E-state index is 12.3. The smallest absolute Gasteiger partial charge is 0.221 e. The Morgan fingerprint density at radius 3 is 2.70 bits per heavy atom. The minimum absolute atomic E-state index is 0.134. The zero-order valence-corrected chi connectivity index (χ0v) is 13.7. The monoisotopic (exact) mass is 308 g/mol. The summed E-state index contributed by atoms with van der Waals surface area (Å²) in [5.41, 5.74) is 3.94. The molecule has 0 radical (unpaired) electrons. The molecule has 120 valence electrons. The average molecular weight is 308 g/mol. The highest BCUT2D eigenvalue weighted by atomic mass is 16.1. The van der Waals surface area contributed by atoms with Crippen molar-refractivity contribution in [2.75, 3.05) is 20.1 Å². The van der Waals surface area contributed by atoms with Gasteiger partial charge in [-0.2, -0.15) is 0 Å². The summed E-state index contributed by atoms with van der Waals surface area (Å²) in [5.74, 6) is 0.134. The predicted octanol–water partition coefficient (Wildman–Crippen LogP) is 2.96. The van der Waals surface area contributed by atoms with Gasteiger partial charge in [-0.05, 0) is 36.6 Å². The van der Waals surface area contributed by atoms with E-state index < -0.39 is 0 Å². The van der Waals surface area contributed by atoms with E-state index in [-0.39, 0.29) is 11.9 Å². The third-order valence-electron chi connectivity index (χ3n) is 4.64. The van der Waals surface area contributed by atoms with Gasteiger partial charge in [0.15, 0.2) is 0 Å². The minimum Gasteiger partial charge on any atom is -0.356 e. The number of rotatable bonds is 5. The quantitative estimate of drug-likeness (QED) is 0.921. The molecule has 2 aromatic rings. The molecule has 1 heterocycles. The number of carbonyl (C=O) groups is 1. The Morgan fingerprint density at radius 1 is 1.13 bits per heavy atom. The first kappa shape index (κ1) is 15.8. The van der Waals surface area contributed by atoms with Gasteiger partial charge >= 0.3 is 0 Å². The molecular formula is C20H24N2O. The van der Waals surface area contributed by atoms with Gasteiger partial charge in [-0.15, -0.1) is 0 Å². The lowest BCUT2D eigenvalue weighted by molar-refractivity contribution is -0.122. The fraction of sp³-hybridized carbons (Fsp3) is 0.350. The SMILES string of the molecule is CN1CCc2ccccc2C1CC(=O)NCCc1ccccc1. The van der Waals surface area contributed by atoms with Crippen LogP contribution >= 0.6 is 0 Å². The minimum atomic E-state index is 0.134. The Labute approximate surface area is 138 Å². The fourth-order valence-electron chi connectivity index (χ4n) is 3.28. The summed E-state index contributed by atoms with van der Waals surface area (Å²) in [4.78, 5) is 14.6. The molecule has 3 rings (SSSR count). The van der Waals surface area contributed by atoms with Crippen LogP contribution in [0.1, 0.15) is 29.2 Å². The molecule has 3 heteroatoms. The summed E-state index contributed by atoms with van der Waals surface area (Å²) in [6.07, 6.45) is 2.48. The summed E-state index contributed by atoms with van der Waals surface area (Å²) in [7, 11) is 2.11. The topological polar surface area (TPSA) is 32.3 Å². The summed E-state index contributed by atoms with van der Waals surface area (Å²) in [6.45, 7) is 1.71. The first-order valence-corrected chi connectivity index (χ1v) is 8.32. The van der Waals surface area contributed by atoms with Gasteiger partial charge in [-0.3, -0.25) is 9.69 Å². The van der Waals surface area contributed by atoms with E-state index in [4.69, 9.17) is 0 Å². The normalized spacial score (nSPS) is 17.5. The Bertz CT molecular complexity index is 654. The Balaban J connectivity index is 1.55. The number of nitrogens with one attached hydrogen (secondary N) is 1. The molecule has 1 amide bonds. The van der Waals surface area contributed by atoms with Crippen LogP contribution in [0.3, 0.4) is 0 Å². The van der Waals surface area contributed by atoms with Crippen LogP contribution in [-0.4, -0.2) is 30.9 Å². The van der Waals surface area contributed by atoms with Crippen LogP contribution in [-0.2, 0) is 17.6 Å². The van der Waals surface area contributed by atoms with E-state index >= 15 is 0 Å². The number of hydrogen-bond acceptors (Lipinski definition) is 2. The lowest BCUT2D eigenvalue weighted by Gasteiger charge is -2.34. The van der Waals surface area contributed by atoms with Crippen molar-refractivity contribution < 1.29 is 4.79 Å². The first-order valence-electron chi connectivity index (χ1n) is 8.32. The van der Waals surface area contributed by atoms with E-state index in [1.807, 2.05) is 18.2 Å². The number of benzene rings is 2. The molecule has 1 aliphatic rings. The maximum Gasteiger partial charge on any atom is 0.221 e. The van der Waals surface area contributed by atoms with Gasteiger partial charge in [-0.25, -0.2) is 0 Å². The molecule has 0 aromatic heterocycles. The van der Waals surface area contributed by atoms with E-state index in [1.165, 1.54) is 16.7 Å².